The molecule has 0 aliphatic heterocycles. The molecule has 0 saturated heterocycles. The molecule has 1 rings (SSSR count). The molecule has 0 radical (unpaired) electrons. The highest BCUT2D eigenvalue weighted by Crippen LogP contribution is 2.28. The molecule has 14 heavy (non-hydrogen) atoms. The van der Waals surface area contributed by atoms with Crippen molar-refractivity contribution in [2.45, 2.75) is 56.9 Å². The minimum Gasteiger partial charge on any atom is -0.393 e. The van der Waals surface area contributed by atoms with E-state index in [0.29, 0.717) is 12.3 Å². The number of hydrogen-bond donors (Lipinski definition) is 4. The van der Waals surface area contributed by atoms with Gasteiger partial charge in [0, 0.05) is 6.42 Å². The molecule has 0 spiro atoms. The second-order valence-corrected chi connectivity index (χ2v) is 4.35. The van der Waals surface area contributed by atoms with Gasteiger partial charge in [-0.1, -0.05) is 19.3 Å². The highest BCUT2D eigenvalue weighted by atomic mass is 16.3. The maximum Gasteiger partial charge on any atom is 0.0845 e. The Morgan fingerprint density at radius 1 is 1.07 bits per heavy atom. The first-order valence-corrected chi connectivity index (χ1v) is 5.48. The fourth-order valence-corrected chi connectivity index (χ4v) is 2.12. The van der Waals surface area contributed by atoms with Gasteiger partial charge in [0.05, 0.1) is 18.4 Å². The van der Waals surface area contributed by atoms with Crippen LogP contribution in [0.5, 0.6) is 0 Å². The van der Waals surface area contributed by atoms with Gasteiger partial charge >= 0.3 is 0 Å². The minimum absolute atomic E-state index is 0.308. The van der Waals surface area contributed by atoms with Crippen LogP contribution in [0.1, 0.15) is 38.5 Å². The summed E-state index contributed by atoms with van der Waals surface area (Å²) in [6.07, 6.45) is 4.10. The fourth-order valence-electron chi connectivity index (χ4n) is 2.12. The van der Waals surface area contributed by atoms with Gasteiger partial charge in [-0.2, -0.15) is 0 Å². The van der Waals surface area contributed by atoms with Gasteiger partial charge in [0.1, 0.15) is 0 Å². The molecule has 0 heterocycles. The second-order valence-electron chi connectivity index (χ2n) is 4.35. The zero-order valence-corrected chi connectivity index (χ0v) is 8.60. The van der Waals surface area contributed by atoms with Crippen LogP contribution in [0.2, 0.25) is 0 Å². The van der Waals surface area contributed by atoms with Gasteiger partial charge in [-0.3, -0.25) is 0 Å². The van der Waals surface area contributed by atoms with Crippen molar-refractivity contribution in [1.29, 1.82) is 0 Å². The molecule has 0 aromatic heterocycles. The monoisotopic (exact) mass is 202 g/mol. The van der Waals surface area contributed by atoms with E-state index in [1.165, 1.54) is 19.3 Å². The number of aliphatic hydroxyl groups excluding tert-OH is 2. The smallest absolute Gasteiger partial charge is 0.0845 e. The van der Waals surface area contributed by atoms with E-state index in [4.69, 9.17) is 11.5 Å². The zero-order chi connectivity index (χ0) is 10.6. The van der Waals surface area contributed by atoms with E-state index in [-0.39, 0.29) is 0 Å². The van der Waals surface area contributed by atoms with E-state index < -0.39 is 18.4 Å². The van der Waals surface area contributed by atoms with Gasteiger partial charge in [-0.25, -0.2) is 0 Å². The van der Waals surface area contributed by atoms with Crippen molar-refractivity contribution in [3.63, 3.8) is 0 Å². The number of hydrogen-bond acceptors (Lipinski definition) is 4. The molecule has 0 bridgehead atoms. The summed E-state index contributed by atoms with van der Waals surface area (Å²) in [5.41, 5.74) is 10.7. The van der Waals surface area contributed by atoms with Crippen molar-refractivity contribution < 1.29 is 10.2 Å². The summed E-state index contributed by atoms with van der Waals surface area (Å²) in [6, 6.07) is 0. The summed E-state index contributed by atoms with van der Waals surface area (Å²) < 4.78 is 0. The molecule has 1 aliphatic carbocycles. The third-order valence-corrected chi connectivity index (χ3v) is 3.12. The van der Waals surface area contributed by atoms with Crippen molar-refractivity contribution in [3.8, 4) is 0 Å². The van der Waals surface area contributed by atoms with Crippen LogP contribution in [0.25, 0.3) is 0 Å². The van der Waals surface area contributed by atoms with Crippen LogP contribution < -0.4 is 11.5 Å². The van der Waals surface area contributed by atoms with Gasteiger partial charge in [0.15, 0.2) is 0 Å². The first-order chi connectivity index (χ1) is 6.61. The fraction of sp³-hybridized carbons (Fsp3) is 1.00. The Balaban J connectivity index is 2.28. The van der Waals surface area contributed by atoms with Crippen LogP contribution in [0, 0.1) is 5.92 Å². The lowest BCUT2D eigenvalue weighted by atomic mass is 9.83. The highest BCUT2D eigenvalue weighted by Gasteiger charge is 2.25. The van der Waals surface area contributed by atoms with Crippen molar-refractivity contribution >= 4 is 0 Å². The summed E-state index contributed by atoms with van der Waals surface area (Å²) in [7, 11) is 0. The molecule has 84 valence electrons. The highest BCUT2D eigenvalue weighted by molar-refractivity contribution is 4.77. The molecule has 1 fully saturated rings. The average molecular weight is 202 g/mol. The van der Waals surface area contributed by atoms with E-state index in [2.05, 4.69) is 0 Å². The van der Waals surface area contributed by atoms with Crippen LogP contribution in [-0.4, -0.2) is 28.6 Å². The van der Waals surface area contributed by atoms with E-state index in [0.717, 1.165) is 12.8 Å². The lowest BCUT2D eigenvalue weighted by Crippen LogP contribution is -2.45. The summed E-state index contributed by atoms with van der Waals surface area (Å²) in [5.74, 6) is 0.331. The Bertz CT molecular complexity index is 158. The number of aliphatic hydroxyl groups is 2. The predicted molar refractivity (Wildman–Crippen MR) is 55.4 cm³/mol. The van der Waals surface area contributed by atoms with Crippen LogP contribution in [0.3, 0.4) is 0 Å². The Labute approximate surface area is 85.3 Å². The summed E-state index contributed by atoms with van der Waals surface area (Å²) in [6.45, 7) is 0. The Kier molecular flexibility index (Phi) is 4.81. The van der Waals surface area contributed by atoms with Gasteiger partial charge < -0.3 is 21.7 Å². The average Bonchev–Trinajstić information content (AvgIpc) is 2.19. The third-order valence-electron chi connectivity index (χ3n) is 3.12. The molecule has 1 saturated carbocycles. The largest absolute Gasteiger partial charge is 0.393 e. The molecule has 2 unspecified atom stereocenters. The molecule has 4 nitrogen and oxygen atoms in total. The molecule has 4 heteroatoms. The first-order valence-electron chi connectivity index (χ1n) is 5.48. The molecule has 2 atom stereocenters. The quantitative estimate of drug-likeness (QED) is 0.480. The normalized spacial score (nSPS) is 23.8. The van der Waals surface area contributed by atoms with Crippen molar-refractivity contribution in [2.24, 2.45) is 17.4 Å². The molecule has 1 aliphatic rings. The molecular formula is C10H22N2O2. The predicted octanol–water partition coefficient (Wildman–Crippen LogP) is -0.0779. The van der Waals surface area contributed by atoms with E-state index in [1.54, 1.807) is 0 Å². The van der Waals surface area contributed by atoms with Gasteiger partial charge in [0.25, 0.3) is 0 Å². The van der Waals surface area contributed by atoms with E-state index in [1.807, 2.05) is 0 Å². The van der Waals surface area contributed by atoms with Gasteiger partial charge in [-0.15, -0.1) is 0 Å². The number of nitrogens with two attached hydrogens (primary N) is 2. The standard InChI is InChI=1S/C10H22N2O2/c11-10(12)9(14)6-8(13)7-4-2-1-3-5-7/h7-10,13-14H,1-6,11-12H2. The van der Waals surface area contributed by atoms with Crippen LogP contribution in [-0.2, 0) is 0 Å². The van der Waals surface area contributed by atoms with Crippen molar-refractivity contribution in [2.75, 3.05) is 0 Å². The lowest BCUT2D eigenvalue weighted by Gasteiger charge is -2.28. The van der Waals surface area contributed by atoms with Crippen molar-refractivity contribution in [3.05, 3.63) is 0 Å². The molecule has 6 N–H and O–H groups in total. The van der Waals surface area contributed by atoms with Crippen LogP contribution in [0.15, 0.2) is 0 Å². The summed E-state index contributed by atoms with van der Waals surface area (Å²) in [5, 5.41) is 19.2. The SMILES string of the molecule is NC(N)C(O)CC(O)C1CCCCC1. The second kappa shape index (κ2) is 5.66. The third kappa shape index (κ3) is 3.53. The van der Waals surface area contributed by atoms with Crippen molar-refractivity contribution in [1.82, 2.24) is 0 Å². The summed E-state index contributed by atoms with van der Waals surface area (Å²) >= 11 is 0. The Morgan fingerprint density at radius 2 is 1.64 bits per heavy atom. The first kappa shape index (κ1) is 11.9. The maximum absolute atomic E-state index is 9.82. The molecule has 0 aromatic carbocycles. The Hall–Kier alpha value is -0.160. The van der Waals surface area contributed by atoms with Crippen LogP contribution >= 0.6 is 0 Å². The van der Waals surface area contributed by atoms with Gasteiger partial charge in [0.2, 0.25) is 0 Å². The van der Waals surface area contributed by atoms with Crippen LogP contribution in [0.4, 0.5) is 0 Å². The Morgan fingerprint density at radius 3 is 2.14 bits per heavy atom. The zero-order valence-electron chi connectivity index (χ0n) is 8.60. The maximum atomic E-state index is 9.82. The minimum atomic E-state index is -0.785. The summed E-state index contributed by atoms with van der Waals surface area (Å²) in [4.78, 5) is 0. The van der Waals surface area contributed by atoms with E-state index >= 15 is 0 Å². The molecular weight excluding hydrogens is 180 g/mol. The van der Waals surface area contributed by atoms with Gasteiger partial charge in [-0.05, 0) is 18.8 Å². The topological polar surface area (TPSA) is 92.5 Å². The molecule has 0 aromatic rings. The lowest BCUT2D eigenvalue weighted by molar-refractivity contribution is 0.0228. The van der Waals surface area contributed by atoms with E-state index in [9.17, 15) is 10.2 Å². The molecule has 0 amide bonds. The number of rotatable bonds is 4.